The number of rotatable bonds is 9. The fourth-order valence-electron chi connectivity index (χ4n) is 2.60. The van der Waals surface area contributed by atoms with Crippen molar-refractivity contribution in [1.29, 1.82) is 5.26 Å². The number of thioether (sulfide) groups is 1. The summed E-state index contributed by atoms with van der Waals surface area (Å²) in [6.07, 6.45) is 0.435. The van der Waals surface area contributed by atoms with Crippen LogP contribution in [0.1, 0.15) is 24.7 Å². The summed E-state index contributed by atoms with van der Waals surface area (Å²) in [5.41, 5.74) is 1.85. The lowest BCUT2D eigenvalue weighted by Gasteiger charge is -2.12. The quantitative estimate of drug-likeness (QED) is 0.344. The van der Waals surface area contributed by atoms with Crippen LogP contribution in [0.15, 0.2) is 47.6 Å². The summed E-state index contributed by atoms with van der Waals surface area (Å²) in [4.78, 5) is 0. The number of nitriles is 1. The first kappa shape index (κ1) is 21.0. The van der Waals surface area contributed by atoms with Crippen LogP contribution in [0, 0.1) is 18.3 Å². The molecule has 3 aromatic rings. The van der Waals surface area contributed by atoms with Gasteiger partial charge in [0.25, 0.3) is 0 Å². The number of nitrogens with zero attached hydrogens (tertiary/aromatic N) is 4. The molecule has 1 heterocycles. The van der Waals surface area contributed by atoms with Crippen LogP contribution < -0.4 is 9.47 Å². The summed E-state index contributed by atoms with van der Waals surface area (Å²) < 4.78 is 13.3. The molecule has 0 saturated heterocycles. The smallest absolute Gasteiger partial charge is 0.195 e. The van der Waals surface area contributed by atoms with Gasteiger partial charge < -0.3 is 9.47 Å². The number of aromatic nitrogens is 3. The maximum absolute atomic E-state index is 8.81. The molecule has 29 heavy (non-hydrogen) atoms. The molecule has 8 heteroatoms. The molecule has 6 nitrogen and oxygen atoms in total. The molecule has 2 aromatic carbocycles. The standard InChI is InChI=1S/C21H21ClN4O2S/c1-3-27-17-7-9-18(10-8-17)28-14-20-24-25-21(29-12-4-11-23)26(20)16-6-5-15(2)19(22)13-16/h5-10,13H,3-4,12,14H2,1-2H3. The second kappa shape index (κ2) is 10.2. The Morgan fingerprint density at radius 3 is 2.48 bits per heavy atom. The SMILES string of the molecule is CCOc1ccc(OCc2nnc(SCCC#N)n2-c2ccc(C)c(Cl)c2)cc1. The van der Waals surface area contributed by atoms with E-state index in [1.54, 1.807) is 0 Å². The maximum Gasteiger partial charge on any atom is 0.195 e. The van der Waals surface area contributed by atoms with E-state index in [1.165, 1.54) is 11.8 Å². The van der Waals surface area contributed by atoms with E-state index in [9.17, 15) is 0 Å². The summed E-state index contributed by atoms with van der Waals surface area (Å²) in [7, 11) is 0. The number of hydrogen-bond donors (Lipinski definition) is 0. The normalized spacial score (nSPS) is 10.6. The van der Waals surface area contributed by atoms with Crippen LogP contribution in [0.5, 0.6) is 11.5 Å². The van der Waals surface area contributed by atoms with E-state index in [4.69, 9.17) is 26.3 Å². The molecule has 0 spiro atoms. The van der Waals surface area contributed by atoms with Crippen LogP contribution in [0.3, 0.4) is 0 Å². The molecular weight excluding hydrogens is 408 g/mol. The van der Waals surface area contributed by atoms with Crippen molar-refractivity contribution in [3.05, 3.63) is 58.9 Å². The van der Waals surface area contributed by atoms with Gasteiger partial charge in [-0.05, 0) is 55.8 Å². The number of hydrogen-bond acceptors (Lipinski definition) is 6. The first-order valence-electron chi connectivity index (χ1n) is 9.18. The molecule has 0 amide bonds. The Labute approximate surface area is 179 Å². The topological polar surface area (TPSA) is 73.0 Å². The lowest BCUT2D eigenvalue weighted by Crippen LogP contribution is -2.07. The Bertz CT molecular complexity index is 999. The van der Waals surface area contributed by atoms with Gasteiger partial charge in [0.15, 0.2) is 11.0 Å². The number of ether oxygens (including phenoxy) is 2. The van der Waals surface area contributed by atoms with Crippen molar-refractivity contribution in [2.45, 2.75) is 32.0 Å². The van der Waals surface area contributed by atoms with Crippen LogP contribution in [0.25, 0.3) is 5.69 Å². The van der Waals surface area contributed by atoms with E-state index in [-0.39, 0.29) is 6.61 Å². The van der Waals surface area contributed by atoms with Crippen LogP contribution in [-0.2, 0) is 6.61 Å². The monoisotopic (exact) mass is 428 g/mol. The van der Waals surface area contributed by atoms with E-state index in [1.807, 2.05) is 60.9 Å². The molecule has 0 bridgehead atoms. The third kappa shape index (κ3) is 5.43. The van der Waals surface area contributed by atoms with Gasteiger partial charge >= 0.3 is 0 Å². The van der Waals surface area contributed by atoms with Crippen molar-refractivity contribution in [3.63, 3.8) is 0 Å². The highest BCUT2D eigenvalue weighted by atomic mass is 35.5. The third-order valence-corrected chi connectivity index (χ3v) is 5.40. The Balaban J connectivity index is 1.83. The van der Waals surface area contributed by atoms with Crippen LogP contribution in [-0.4, -0.2) is 27.1 Å². The molecule has 0 atom stereocenters. The lowest BCUT2D eigenvalue weighted by molar-refractivity contribution is 0.291. The van der Waals surface area contributed by atoms with Gasteiger partial charge in [-0.2, -0.15) is 5.26 Å². The van der Waals surface area contributed by atoms with Gasteiger partial charge in [-0.25, -0.2) is 0 Å². The minimum Gasteiger partial charge on any atom is -0.494 e. The van der Waals surface area contributed by atoms with E-state index in [0.29, 0.717) is 40.5 Å². The van der Waals surface area contributed by atoms with E-state index >= 15 is 0 Å². The summed E-state index contributed by atoms with van der Waals surface area (Å²) in [5.74, 6) is 2.80. The highest BCUT2D eigenvalue weighted by Crippen LogP contribution is 2.27. The molecule has 0 radical (unpaired) electrons. The molecule has 150 valence electrons. The summed E-state index contributed by atoms with van der Waals surface area (Å²) in [5, 5.41) is 18.8. The largest absolute Gasteiger partial charge is 0.494 e. The molecule has 0 unspecified atom stereocenters. The fourth-order valence-corrected chi connectivity index (χ4v) is 3.59. The first-order valence-corrected chi connectivity index (χ1v) is 10.5. The summed E-state index contributed by atoms with van der Waals surface area (Å²) >= 11 is 7.81. The molecule has 0 saturated carbocycles. The molecule has 0 fully saturated rings. The second-order valence-corrected chi connectivity index (χ2v) is 7.59. The van der Waals surface area contributed by atoms with Gasteiger partial charge in [0.2, 0.25) is 0 Å². The first-order chi connectivity index (χ1) is 14.1. The van der Waals surface area contributed by atoms with Gasteiger partial charge in [-0.1, -0.05) is 29.4 Å². The predicted molar refractivity (Wildman–Crippen MR) is 114 cm³/mol. The molecule has 3 rings (SSSR count). The fraction of sp³-hybridized carbons (Fsp3) is 0.286. The zero-order valence-electron chi connectivity index (χ0n) is 16.3. The van der Waals surface area contributed by atoms with Crippen molar-refractivity contribution in [1.82, 2.24) is 14.8 Å². The molecular formula is C21H21ClN4O2S. The maximum atomic E-state index is 8.81. The van der Waals surface area contributed by atoms with Crippen LogP contribution in [0.4, 0.5) is 0 Å². The number of halogens is 1. The zero-order chi connectivity index (χ0) is 20.6. The van der Waals surface area contributed by atoms with Crippen molar-refractivity contribution in [2.75, 3.05) is 12.4 Å². The number of benzene rings is 2. The molecule has 0 aliphatic carbocycles. The Morgan fingerprint density at radius 2 is 1.83 bits per heavy atom. The van der Waals surface area contributed by atoms with Crippen molar-refractivity contribution in [2.24, 2.45) is 0 Å². The zero-order valence-corrected chi connectivity index (χ0v) is 17.8. The minimum absolute atomic E-state index is 0.241. The van der Waals surface area contributed by atoms with Gasteiger partial charge in [-0.3, -0.25) is 4.57 Å². The Hall–Kier alpha value is -2.69. The third-order valence-electron chi connectivity index (χ3n) is 4.06. The lowest BCUT2D eigenvalue weighted by atomic mass is 10.2. The molecule has 0 aliphatic rings. The highest BCUT2D eigenvalue weighted by molar-refractivity contribution is 7.99. The van der Waals surface area contributed by atoms with Gasteiger partial charge in [0.05, 0.1) is 18.4 Å². The Kier molecular flexibility index (Phi) is 7.39. The average molecular weight is 429 g/mol. The molecule has 1 aromatic heterocycles. The summed E-state index contributed by atoms with van der Waals surface area (Å²) in [6.45, 7) is 4.76. The van der Waals surface area contributed by atoms with Crippen LogP contribution in [0.2, 0.25) is 5.02 Å². The van der Waals surface area contributed by atoms with Crippen LogP contribution >= 0.6 is 23.4 Å². The van der Waals surface area contributed by atoms with Crippen molar-refractivity contribution >= 4 is 23.4 Å². The van der Waals surface area contributed by atoms with Crippen molar-refractivity contribution < 1.29 is 9.47 Å². The number of aryl methyl sites for hydroxylation is 1. The summed E-state index contributed by atoms with van der Waals surface area (Å²) in [6, 6.07) is 15.4. The van der Waals surface area contributed by atoms with E-state index in [0.717, 1.165) is 17.0 Å². The Morgan fingerprint density at radius 1 is 1.10 bits per heavy atom. The predicted octanol–water partition coefficient (Wildman–Crippen LogP) is 5.21. The van der Waals surface area contributed by atoms with Gasteiger partial charge in [0.1, 0.15) is 18.1 Å². The molecule has 0 N–H and O–H groups in total. The minimum atomic E-state index is 0.241. The highest BCUT2D eigenvalue weighted by Gasteiger charge is 2.16. The van der Waals surface area contributed by atoms with E-state index < -0.39 is 0 Å². The van der Waals surface area contributed by atoms with Crippen molar-refractivity contribution in [3.8, 4) is 23.3 Å². The average Bonchev–Trinajstić information content (AvgIpc) is 3.13. The van der Waals surface area contributed by atoms with E-state index in [2.05, 4.69) is 16.3 Å². The van der Waals surface area contributed by atoms with Gasteiger partial charge in [-0.15, -0.1) is 10.2 Å². The second-order valence-electron chi connectivity index (χ2n) is 6.12. The van der Waals surface area contributed by atoms with Gasteiger partial charge in [0, 0.05) is 17.2 Å². The molecule has 0 aliphatic heterocycles.